The number of benzene rings is 1. The lowest BCUT2D eigenvalue weighted by Crippen LogP contribution is -2.33. The van der Waals surface area contributed by atoms with Gasteiger partial charge in [-0.2, -0.15) is 0 Å². The van der Waals surface area contributed by atoms with Gasteiger partial charge in [0.25, 0.3) is 5.91 Å². The Morgan fingerprint density at radius 2 is 1.64 bits per heavy atom. The summed E-state index contributed by atoms with van der Waals surface area (Å²) in [5.41, 5.74) is 4.50. The first-order valence-corrected chi connectivity index (χ1v) is 9.38. The van der Waals surface area contributed by atoms with Crippen molar-refractivity contribution in [2.24, 2.45) is 0 Å². The second-order valence-corrected chi connectivity index (χ2v) is 7.05. The Labute approximate surface area is 149 Å². The number of fused-ring (bicyclic) bond motifs is 1. The number of nitrogens with zero attached hydrogens (tertiary/aromatic N) is 3. The molecule has 2 aromatic rings. The fourth-order valence-electron chi connectivity index (χ4n) is 3.85. The van der Waals surface area contributed by atoms with Gasteiger partial charge >= 0.3 is 0 Å². The average Bonchev–Trinajstić information content (AvgIpc) is 2.97. The zero-order valence-corrected chi connectivity index (χ0v) is 14.7. The number of carbonyl (C=O) groups excluding carboxylic acids is 1. The summed E-state index contributed by atoms with van der Waals surface area (Å²) >= 11 is 0. The molecule has 1 amide bonds. The van der Waals surface area contributed by atoms with Crippen LogP contribution in [-0.2, 0) is 13.0 Å². The minimum Gasteiger partial charge on any atom is -0.366 e. The Morgan fingerprint density at radius 3 is 2.36 bits per heavy atom. The van der Waals surface area contributed by atoms with E-state index in [0.717, 1.165) is 51.1 Å². The molecule has 1 fully saturated rings. The van der Waals surface area contributed by atoms with Crippen LogP contribution in [0.5, 0.6) is 0 Å². The van der Waals surface area contributed by atoms with Crippen LogP contribution < -0.4 is 4.90 Å². The van der Waals surface area contributed by atoms with Crippen molar-refractivity contribution in [2.75, 3.05) is 24.5 Å². The van der Waals surface area contributed by atoms with E-state index in [1.165, 1.54) is 24.0 Å². The van der Waals surface area contributed by atoms with Crippen molar-refractivity contribution < 1.29 is 4.79 Å². The van der Waals surface area contributed by atoms with Crippen molar-refractivity contribution in [2.45, 2.75) is 38.6 Å². The van der Waals surface area contributed by atoms with Crippen LogP contribution in [0.1, 0.15) is 47.3 Å². The topological polar surface area (TPSA) is 36.4 Å². The van der Waals surface area contributed by atoms with E-state index in [-0.39, 0.29) is 5.91 Å². The molecule has 3 heterocycles. The highest BCUT2D eigenvalue weighted by Gasteiger charge is 2.20. The molecule has 130 valence electrons. The van der Waals surface area contributed by atoms with Gasteiger partial charge < -0.3 is 9.80 Å². The number of carbonyl (C=O) groups is 1. The monoisotopic (exact) mass is 335 g/mol. The van der Waals surface area contributed by atoms with E-state index in [0.29, 0.717) is 5.69 Å². The van der Waals surface area contributed by atoms with E-state index in [1.807, 2.05) is 23.2 Å². The molecule has 4 nitrogen and oxygen atoms in total. The number of hydrogen-bond donors (Lipinski definition) is 0. The third-order valence-electron chi connectivity index (χ3n) is 5.36. The molecule has 0 aliphatic carbocycles. The summed E-state index contributed by atoms with van der Waals surface area (Å²) in [7, 11) is 0. The Kier molecular flexibility index (Phi) is 4.68. The number of pyridine rings is 1. The number of aromatic nitrogens is 1. The van der Waals surface area contributed by atoms with E-state index in [2.05, 4.69) is 34.1 Å². The standard InChI is InChI=1S/C21H25N3O/c25-21(23-12-5-1-2-6-13-23)20-10-9-19(15-22-20)24-14-11-17-7-3-4-8-18(17)16-24/h3-4,7-10,15H,1-2,5-6,11-14,16H2. The highest BCUT2D eigenvalue weighted by Crippen LogP contribution is 2.24. The zero-order valence-electron chi connectivity index (χ0n) is 14.7. The highest BCUT2D eigenvalue weighted by molar-refractivity contribution is 5.92. The molecule has 4 heteroatoms. The molecule has 0 N–H and O–H groups in total. The van der Waals surface area contributed by atoms with Crippen molar-refractivity contribution in [1.82, 2.24) is 9.88 Å². The van der Waals surface area contributed by atoms with Crippen LogP contribution in [0.3, 0.4) is 0 Å². The average molecular weight is 335 g/mol. The van der Waals surface area contributed by atoms with Crippen LogP contribution in [0.2, 0.25) is 0 Å². The molecule has 0 bridgehead atoms. The van der Waals surface area contributed by atoms with Gasteiger partial charge in [0.2, 0.25) is 0 Å². The van der Waals surface area contributed by atoms with Crippen molar-refractivity contribution in [3.63, 3.8) is 0 Å². The fourth-order valence-corrected chi connectivity index (χ4v) is 3.85. The van der Waals surface area contributed by atoms with Crippen LogP contribution >= 0.6 is 0 Å². The molecule has 0 spiro atoms. The largest absolute Gasteiger partial charge is 0.366 e. The van der Waals surface area contributed by atoms with Gasteiger partial charge in [0, 0.05) is 26.2 Å². The molecule has 0 unspecified atom stereocenters. The molecule has 4 rings (SSSR count). The van der Waals surface area contributed by atoms with Gasteiger partial charge in [-0.25, -0.2) is 4.98 Å². The maximum absolute atomic E-state index is 12.7. The lowest BCUT2D eigenvalue weighted by atomic mass is 10.00. The van der Waals surface area contributed by atoms with E-state index < -0.39 is 0 Å². The first-order chi connectivity index (χ1) is 12.3. The van der Waals surface area contributed by atoms with Crippen LogP contribution in [0.15, 0.2) is 42.6 Å². The molecule has 0 saturated carbocycles. The van der Waals surface area contributed by atoms with Crippen molar-refractivity contribution in [3.05, 3.63) is 59.4 Å². The molecule has 2 aliphatic rings. The van der Waals surface area contributed by atoms with Gasteiger partial charge in [0.1, 0.15) is 5.69 Å². The van der Waals surface area contributed by atoms with Gasteiger partial charge in [-0.3, -0.25) is 4.79 Å². The SMILES string of the molecule is O=C(c1ccc(N2CCc3ccccc3C2)cn1)N1CCCCCC1. The summed E-state index contributed by atoms with van der Waals surface area (Å²) in [4.78, 5) is 21.4. The van der Waals surface area contributed by atoms with Crippen LogP contribution in [0, 0.1) is 0 Å². The molecule has 2 aliphatic heterocycles. The van der Waals surface area contributed by atoms with Crippen molar-refractivity contribution in [1.29, 1.82) is 0 Å². The fraction of sp³-hybridized carbons (Fsp3) is 0.429. The van der Waals surface area contributed by atoms with E-state index in [9.17, 15) is 4.79 Å². The number of likely N-dealkylation sites (tertiary alicyclic amines) is 1. The molecule has 1 aromatic heterocycles. The van der Waals surface area contributed by atoms with Gasteiger partial charge in [0.05, 0.1) is 11.9 Å². The van der Waals surface area contributed by atoms with E-state index in [1.54, 1.807) is 0 Å². The van der Waals surface area contributed by atoms with Gasteiger partial charge in [-0.1, -0.05) is 37.1 Å². The summed E-state index contributed by atoms with van der Waals surface area (Å²) in [6.07, 6.45) is 7.59. The Bertz CT molecular complexity index is 733. The van der Waals surface area contributed by atoms with E-state index in [4.69, 9.17) is 0 Å². The predicted molar refractivity (Wildman–Crippen MR) is 99.8 cm³/mol. The van der Waals surface area contributed by atoms with Crippen LogP contribution in [0.25, 0.3) is 0 Å². The lowest BCUT2D eigenvalue weighted by Gasteiger charge is -2.30. The summed E-state index contributed by atoms with van der Waals surface area (Å²) in [6, 6.07) is 12.6. The first kappa shape index (κ1) is 16.1. The third kappa shape index (κ3) is 3.53. The van der Waals surface area contributed by atoms with Gasteiger partial charge in [0.15, 0.2) is 0 Å². The summed E-state index contributed by atoms with van der Waals surface area (Å²) in [5, 5.41) is 0. The summed E-state index contributed by atoms with van der Waals surface area (Å²) in [5.74, 6) is 0.0810. The maximum Gasteiger partial charge on any atom is 0.272 e. The maximum atomic E-state index is 12.7. The van der Waals surface area contributed by atoms with Crippen LogP contribution in [0.4, 0.5) is 5.69 Å². The second kappa shape index (κ2) is 7.26. The Balaban J connectivity index is 1.46. The Hall–Kier alpha value is -2.36. The normalized spacial score (nSPS) is 17.8. The number of anilines is 1. The minimum atomic E-state index is 0.0810. The molecule has 0 radical (unpaired) electrons. The second-order valence-electron chi connectivity index (χ2n) is 7.05. The number of hydrogen-bond acceptors (Lipinski definition) is 3. The molecule has 1 saturated heterocycles. The number of amides is 1. The molecular weight excluding hydrogens is 310 g/mol. The summed E-state index contributed by atoms with van der Waals surface area (Å²) in [6.45, 7) is 3.64. The third-order valence-corrected chi connectivity index (χ3v) is 5.36. The lowest BCUT2D eigenvalue weighted by molar-refractivity contribution is 0.0756. The van der Waals surface area contributed by atoms with Crippen molar-refractivity contribution >= 4 is 11.6 Å². The van der Waals surface area contributed by atoms with Gasteiger partial charge in [-0.15, -0.1) is 0 Å². The van der Waals surface area contributed by atoms with E-state index >= 15 is 0 Å². The molecule has 1 aromatic carbocycles. The minimum absolute atomic E-state index is 0.0810. The Morgan fingerprint density at radius 1 is 0.880 bits per heavy atom. The first-order valence-electron chi connectivity index (χ1n) is 9.38. The summed E-state index contributed by atoms with van der Waals surface area (Å²) < 4.78 is 0. The quantitative estimate of drug-likeness (QED) is 0.840. The zero-order chi connectivity index (χ0) is 17.1. The highest BCUT2D eigenvalue weighted by atomic mass is 16.2. The van der Waals surface area contributed by atoms with Crippen LogP contribution in [-0.4, -0.2) is 35.4 Å². The smallest absolute Gasteiger partial charge is 0.272 e. The predicted octanol–water partition coefficient (Wildman–Crippen LogP) is 3.66. The number of rotatable bonds is 2. The molecular formula is C21H25N3O. The van der Waals surface area contributed by atoms with Gasteiger partial charge in [-0.05, 0) is 42.5 Å². The van der Waals surface area contributed by atoms with Crippen molar-refractivity contribution in [3.8, 4) is 0 Å². The molecule has 0 atom stereocenters. The molecule has 25 heavy (non-hydrogen) atoms.